The van der Waals surface area contributed by atoms with E-state index >= 15 is 0 Å². The van der Waals surface area contributed by atoms with Gasteiger partial charge in [-0.1, -0.05) is 73.8 Å². The second-order valence-corrected chi connectivity index (χ2v) is 7.40. The van der Waals surface area contributed by atoms with Crippen LogP contribution in [0.5, 0.6) is 0 Å². The Bertz CT molecular complexity index is 647. The first-order valence-corrected chi connectivity index (χ1v) is 8.76. The molecule has 0 aromatic heterocycles. The molecule has 0 fully saturated rings. The Kier molecular flexibility index (Phi) is 5.27. The van der Waals surface area contributed by atoms with Crippen molar-refractivity contribution in [1.29, 1.82) is 0 Å². The first kappa shape index (κ1) is 16.4. The SMILES string of the molecule is C=CC(=O)O[Si](OC(=O)C=C)(c1ccccc1)c1ccccc1. The van der Waals surface area contributed by atoms with Crippen molar-refractivity contribution in [3.8, 4) is 0 Å². The highest BCUT2D eigenvalue weighted by Gasteiger charge is 2.49. The third-order valence-corrected chi connectivity index (χ3v) is 6.29. The van der Waals surface area contributed by atoms with E-state index in [1.54, 1.807) is 48.5 Å². The minimum atomic E-state index is -3.56. The van der Waals surface area contributed by atoms with Gasteiger partial charge in [-0.3, -0.25) is 0 Å². The summed E-state index contributed by atoms with van der Waals surface area (Å²) in [4.78, 5) is 23.8. The molecule has 2 aromatic rings. The molecule has 0 unspecified atom stereocenters. The van der Waals surface area contributed by atoms with Gasteiger partial charge in [0.05, 0.1) is 0 Å². The second kappa shape index (κ2) is 7.37. The van der Waals surface area contributed by atoms with Crippen LogP contribution in [0.15, 0.2) is 86.0 Å². The molecular weight excluding hydrogens is 308 g/mol. The smallest absolute Gasteiger partial charge is 0.475 e. The number of benzene rings is 2. The predicted molar refractivity (Wildman–Crippen MR) is 90.5 cm³/mol. The van der Waals surface area contributed by atoms with Gasteiger partial charge in [-0.15, -0.1) is 0 Å². The number of carbonyl (C=O) groups excluding carboxylic acids is 2. The zero-order chi connectivity index (χ0) is 16.7. The summed E-state index contributed by atoms with van der Waals surface area (Å²) in [6.07, 6.45) is 2.10. The lowest BCUT2D eigenvalue weighted by Crippen LogP contribution is -2.64. The number of carbonyl (C=O) groups is 2. The van der Waals surface area contributed by atoms with E-state index in [2.05, 4.69) is 13.2 Å². The van der Waals surface area contributed by atoms with Crippen LogP contribution in [0.1, 0.15) is 0 Å². The minimum Gasteiger partial charge on any atom is -0.475 e. The Hall–Kier alpha value is -2.92. The molecule has 0 spiro atoms. The molecule has 0 saturated carbocycles. The van der Waals surface area contributed by atoms with Gasteiger partial charge in [0, 0.05) is 22.5 Å². The molecule has 5 heteroatoms. The average Bonchev–Trinajstić information content (AvgIpc) is 2.62. The summed E-state index contributed by atoms with van der Waals surface area (Å²) >= 11 is 0. The Balaban J connectivity index is 2.66. The maximum Gasteiger partial charge on any atom is 0.535 e. The Labute approximate surface area is 135 Å². The second-order valence-electron chi connectivity index (χ2n) is 4.60. The molecule has 4 nitrogen and oxygen atoms in total. The van der Waals surface area contributed by atoms with Crippen LogP contribution in [-0.2, 0) is 18.4 Å². The molecule has 0 amide bonds. The van der Waals surface area contributed by atoms with E-state index in [0.29, 0.717) is 10.4 Å². The maximum absolute atomic E-state index is 11.9. The molecule has 0 N–H and O–H groups in total. The van der Waals surface area contributed by atoms with E-state index in [0.717, 1.165) is 12.2 Å². The molecule has 23 heavy (non-hydrogen) atoms. The van der Waals surface area contributed by atoms with Crippen molar-refractivity contribution in [3.63, 3.8) is 0 Å². The van der Waals surface area contributed by atoms with Gasteiger partial charge in [0.15, 0.2) is 0 Å². The monoisotopic (exact) mass is 324 g/mol. The van der Waals surface area contributed by atoms with Crippen molar-refractivity contribution in [2.24, 2.45) is 0 Å². The summed E-state index contributed by atoms with van der Waals surface area (Å²) in [6, 6.07) is 17.9. The van der Waals surface area contributed by atoms with Gasteiger partial charge in [-0.2, -0.15) is 0 Å². The number of hydrogen-bond donors (Lipinski definition) is 0. The van der Waals surface area contributed by atoms with Crippen LogP contribution in [0.4, 0.5) is 0 Å². The third kappa shape index (κ3) is 3.64. The summed E-state index contributed by atoms with van der Waals surface area (Å²) < 4.78 is 11.2. The van der Waals surface area contributed by atoms with Gasteiger partial charge in [-0.05, 0) is 0 Å². The van der Waals surface area contributed by atoms with E-state index < -0.39 is 20.5 Å². The topological polar surface area (TPSA) is 52.6 Å². The fourth-order valence-electron chi connectivity index (χ4n) is 2.10. The number of rotatable bonds is 6. The summed E-state index contributed by atoms with van der Waals surface area (Å²) in [5, 5.41) is 1.27. The summed E-state index contributed by atoms with van der Waals surface area (Å²) in [7, 11) is -3.56. The molecule has 2 aromatic carbocycles. The van der Waals surface area contributed by atoms with Crippen LogP contribution in [0.2, 0.25) is 0 Å². The van der Waals surface area contributed by atoms with Crippen LogP contribution >= 0.6 is 0 Å². The van der Waals surface area contributed by atoms with Crippen molar-refractivity contribution >= 4 is 30.9 Å². The first-order valence-electron chi connectivity index (χ1n) is 6.94. The van der Waals surface area contributed by atoms with Crippen molar-refractivity contribution in [2.45, 2.75) is 0 Å². The highest BCUT2D eigenvalue weighted by Crippen LogP contribution is 2.11. The van der Waals surface area contributed by atoms with E-state index in [9.17, 15) is 9.59 Å². The zero-order valence-electron chi connectivity index (χ0n) is 12.5. The standard InChI is InChI=1S/C18H16O4Si/c1-3-17(19)21-23(22-18(20)4-2,15-11-7-5-8-12-15)16-13-9-6-10-14-16/h3-14H,1-2H2. The highest BCUT2D eigenvalue weighted by atomic mass is 28.4. The molecule has 0 atom stereocenters. The van der Waals surface area contributed by atoms with E-state index in [-0.39, 0.29) is 0 Å². The largest absolute Gasteiger partial charge is 0.535 e. The summed E-state index contributed by atoms with van der Waals surface area (Å²) in [5.41, 5.74) is 0. The quantitative estimate of drug-likeness (QED) is 0.599. The van der Waals surface area contributed by atoms with Crippen molar-refractivity contribution < 1.29 is 18.4 Å². The van der Waals surface area contributed by atoms with Gasteiger partial charge in [0.25, 0.3) is 0 Å². The lowest BCUT2D eigenvalue weighted by atomic mass is 10.4. The predicted octanol–water partition coefficient (Wildman–Crippen LogP) is 1.70. The van der Waals surface area contributed by atoms with Gasteiger partial charge in [0.1, 0.15) is 0 Å². The zero-order valence-corrected chi connectivity index (χ0v) is 13.5. The first-order chi connectivity index (χ1) is 11.1. The Morgan fingerprint density at radius 3 is 1.39 bits per heavy atom. The van der Waals surface area contributed by atoms with Crippen LogP contribution in [0.25, 0.3) is 0 Å². The van der Waals surface area contributed by atoms with E-state index in [1.165, 1.54) is 0 Å². The summed E-state index contributed by atoms with van der Waals surface area (Å²) in [6.45, 7) is 6.84. The highest BCUT2D eigenvalue weighted by molar-refractivity contribution is 6.94. The van der Waals surface area contributed by atoms with Crippen molar-refractivity contribution in [3.05, 3.63) is 86.0 Å². The Morgan fingerprint density at radius 2 is 1.09 bits per heavy atom. The fraction of sp³-hybridized carbons (Fsp3) is 0. The Morgan fingerprint density at radius 1 is 0.739 bits per heavy atom. The van der Waals surface area contributed by atoms with Crippen LogP contribution in [0, 0.1) is 0 Å². The lowest BCUT2D eigenvalue weighted by Gasteiger charge is -2.29. The molecule has 2 rings (SSSR count). The molecular formula is C18H16O4Si. The average molecular weight is 324 g/mol. The molecule has 0 aliphatic carbocycles. The fourth-order valence-corrected chi connectivity index (χ4v) is 4.95. The molecule has 0 saturated heterocycles. The molecule has 116 valence electrons. The third-order valence-electron chi connectivity index (χ3n) is 3.13. The van der Waals surface area contributed by atoms with Crippen molar-refractivity contribution in [2.75, 3.05) is 0 Å². The van der Waals surface area contributed by atoms with Gasteiger partial charge < -0.3 is 8.85 Å². The normalized spacial score (nSPS) is 10.4. The molecule has 0 aliphatic heterocycles. The maximum atomic E-state index is 11.9. The van der Waals surface area contributed by atoms with E-state index in [1.807, 2.05) is 12.1 Å². The van der Waals surface area contributed by atoms with Crippen molar-refractivity contribution in [1.82, 2.24) is 0 Å². The van der Waals surface area contributed by atoms with Gasteiger partial charge in [0.2, 0.25) is 0 Å². The van der Waals surface area contributed by atoms with E-state index in [4.69, 9.17) is 8.85 Å². The molecule has 0 radical (unpaired) electrons. The minimum absolute atomic E-state index is 0.636. The van der Waals surface area contributed by atoms with Gasteiger partial charge in [-0.25, -0.2) is 9.59 Å². The van der Waals surface area contributed by atoms with Gasteiger partial charge >= 0.3 is 20.5 Å². The molecule has 0 heterocycles. The molecule has 0 bridgehead atoms. The molecule has 0 aliphatic rings. The lowest BCUT2D eigenvalue weighted by molar-refractivity contribution is -0.134. The number of hydrogen-bond acceptors (Lipinski definition) is 4. The van der Waals surface area contributed by atoms with Crippen LogP contribution < -0.4 is 10.4 Å². The summed E-state index contributed by atoms with van der Waals surface area (Å²) in [5.74, 6) is -1.30. The van der Waals surface area contributed by atoms with Crippen LogP contribution in [-0.4, -0.2) is 20.5 Å². The van der Waals surface area contributed by atoms with Crippen LogP contribution in [0.3, 0.4) is 0 Å².